The van der Waals surface area contributed by atoms with Gasteiger partial charge in [-0.25, -0.2) is 9.97 Å². The molecule has 0 spiro atoms. The van der Waals surface area contributed by atoms with Gasteiger partial charge in [0.25, 0.3) is 0 Å². The molecule has 0 radical (unpaired) electrons. The number of piperidine rings is 1. The first-order valence-electron chi connectivity index (χ1n) is 10.8. The lowest BCUT2D eigenvalue weighted by atomic mass is 9.95. The second kappa shape index (κ2) is 9.01. The van der Waals surface area contributed by atoms with Gasteiger partial charge in [-0.05, 0) is 39.5 Å². The molecule has 1 N–H and O–H groups in total. The molecule has 1 aliphatic heterocycles. The van der Waals surface area contributed by atoms with E-state index in [2.05, 4.69) is 5.32 Å². The molecule has 28 heavy (non-hydrogen) atoms. The summed E-state index contributed by atoms with van der Waals surface area (Å²) < 4.78 is 0. The van der Waals surface area contributed by atoms with Gasteiger partial charge in [-0.3, -0.25) is 9.59 Å². The lowest BCUT2D eigenvalue weighted by Gasteiger charge is -2.33. The number of hydrogen-bond acceptors (Lipinski definition) is 4. The molecule has 0 aromatic carbocycles. The van der Waals surface area contributed by atoms with Gasteiger partial charge in [-0.2, -0.15) is 0 Å². The van der Waals surface area contributed by atoms with Crippen molar-refractivity contribution in [2.45, 2.75) is 84.6 Å². The summed E-state index contributed by atoms with van der Waals surface area (Å²) in [5.74, 6) is 1.29. The highest BCUT2D eigenvalue weighted by molar-refractivity contribution is 5.79. The van der Waals surface area contributed by atoms with Crippen LogP contribution in [-0.4, -0.2) is 45.8 Å². The van der Waals surface area contributed by atoms with E-state index in [0.717, 1.165) is 55.0 Å². The largest absolute Gasteiger partial charge is 0.353 e. The average Bonchev–Trinajstić information content (AvgIpc) is 3.16. The molecule has 1 saturated carbocycles. The van der Waals surface area contributed by atoms with E-state index in [1.165, 1.54) is 12.8 Å². The van der Waals surface area contributed by atoms with Gasteiger partial charge in [-0.1, -0.05) is 26.7 Å². The van der Waals surface area contributed by atoms with Crippen LogP contribution in [0.2, 0.25) is 0 Å². The number of nitrogens with zero attached hydrogens (tertiary/aromatic N) is 3. The first kappa shape index (κ1) is 20.7. The Morgan fingerprint density at radius 1 is 1.07 bits per heavy atom. The van der Waals surface area contributed by atoms with Crippen molar-refractivity contribution < 1.29 is 9.59 Å². The van der Waals surface area contributed by atoms with Crippen LogP contribution < -0.4 is 5.32 Å². The van der Waals surface area contributed by atoms with Crippen LogP contribution in [0, 0.1) is 19.8 Å². The Morgan fingerprint density at radius 3 is 2.32 bits per heavy atom. The van der Waals surface area contributed by atoms with E-state index in [-0.39, 0.29) is 23.7 Å². The molecule has 1 aliphatic carbocycles. The SMILES string of the molecule is Cc1nc([C@@H]2CCCN(C(=O)C(C)C)C2)nc(C)c1CC(=O)NC1CCCC1. The Morgan fingerprint density at radius 2 is 1.71 bits per heavy atom. The number of hydrogen-bond donors (Lipinski definition) is 1. The molecule has 3 rings (SSSR count). The minimum absolute atomic E-state index is 0.0175. The maximum absolute atomic E-state index is 12.4. The van der Waals surface area contributed by atoms with Gasteiger partial charge in [0, 0.05) is 47.9 Å². The van der Waals surface area contributed by atoms with Gasteiger partial charge in [0.2, 0.25) is 11.8 Å². The third-order valence-electron chi connectivity index (χ3n) is 6.09. The smallest absolute Gasteiger partial charge is 0.225 e. The second-order valence-electron chi connectivity index (χ2n) is 8.73. The number of amides is 2. The first-order chi connectivity index (χ1) is 13.3. The van der Waals surface area contributed by atoms with E-state index in [1.807, 2.05) is 32.6 Å². The van der Waals surface area contributed by atoms with Crippen molar-refractivity contribution in [3.05, 3.63) is 22.8 Å². The molecule has 2 amide bonds. The number of rotatable bonds is 5. The summed E-state index contributed by atoms with van der Waals surface area (Å²) in [6.07, 6.45) is 6.92. The summed E-state index contributed by atoms with van der Waals surface area (Å²) in [5, 5.41) is 3.15. The maximum atomic E-state index is 12.4. The number of aryl methyl sites for hydroxylation is 2. The molecule has 2 aliphatic rings. The molecule has 0 unspecified atom stereocenters. The summed E-state index contributed by atoms with van der Waals surface area (Å²) >= 11 is 0. The Bertz CT molecular complexity index is 702. The van der Waals surface area contributed by atoms with Crippen LogP contribution in [0.1, 0.15) is 81.1 Å². The minimum Gasteiger partial charge on any atom is -0.353 e. The van der Waals surface area contributed by atoms with E-state index in [1.54, 1.807) is 0 Å². The fourth-order valence-electron chi connectivity index (χ4n) is 4.47. The molecule has 2 heterocycles. The lowest BCUT2D eigenvalue weighted by Crippen LogP contribution is -2.41. The summed E-state index contributed by atoms with van der Waals surface area (Å²) in [6.45, 7) is 9.35. The van der Waals surface area contributed by atoms with Crippen molar-refractivity contribution in [2.75, 3.05) is 13.1 Å². The van der Waals surface area contributed by atoms with Crippen molar-refractivity contribution in [1.82, 2.24) is 20.2 Å². The fourth-order valence-corrected chi connectivity index (χ4v) is 4.47. The Labute approximate surface area is 168 Å². The Balaban J connectivity index is 1.68. The van der Waals surface area contributed by atoms with E-state index in [9.17, 15) is 9.59 Å². The first-order valence-corrected chi connectivity index (χ1v) is 10.8. The Kier molecular flexibility index (Phi) is 6.68. The summed E-state index contributed by atoms with van der Waals surface area (Å²) in [7, 11) is 0. The normalized spacial score (nSPS) is 20.6. The van der Waals surface area contributed by atoms with E-state index < -0.39 is 0 Å². The van der Waals surface area contributed by atoms with Crippen LogP contribution in [0.3, 0.4) is 0 Å². The predicted molar refractivity (Wildman–Crippen MR) is 109 cm³/mol. The molecule has 154 valence electrons. The van der Waals surface area contributed by atoms with Crippen molar-refractivity contribution >= 4 is 11.8 Å². The Hall–Kier alpha value is -1.98. The van der Waals surface area contributed by atoms with E-state index >= 15 is 0 Å². The minimum atomic E-state index is 0.0175. The summed E-state index contributed by atoms with van der Waals surface area (Å²) in [4.78, 5) is 36.3. The van der Waals surface area contributed by atoms with Gasteiger partial charge in [0.1, 0.15) is 5.82 Å². The predicted octanol–water partition coefficient (Wildman–Crippen LogP) is 3.06. The van der Waals surface area contributed by atoms with Crippen LogP contribution in [-0.2, 0) is 16.0 Å². The highest BCUT2D eigenvalue weighted by atomic mass is 16.2. The van der Waals surface area contributed by atoms with Crippen LogP contribution in [0.25, 0.3) is 0 Å². The van der Waals surface area contributed by atoms with Crippen molar-refractivity contribution in [2.24, 2.45) is 5.92 Å². The van der Waals surface area contributed by atoms with Gasteiger partial charge in [0.15, 0.2) is 0 Å². The third kappa shape index (κ3) is 4.89. The number of carbonyl (C=O) groups is 2. The zero-order chi connectivity index (χ0) is 20.3. The molecule has 6 nitrogen and oxygen atoms in total. The van der Waals surface area contributed by atoms with Gasteiger partial charge >= 0.3 is 0 Å². The molecule has 2 fully saturated rings. The highest BCUT2D eigenvalue weighted by Gasteiger charge is 2.28. The molecule has 1 aromatic heterocycles. The number of nitrogens with one attached hydrogen (secondary N) is 1. The third-order valence-corrected chi connectivity index (χ3v) is 6.09. The lowest BCUT2D eigenvalue weighted by molar-refractivity contribution is -0.135. The summed E-state index contributed by atoms with van der Waals surface area (Å²) in [6, 6.07) is 0.333. The van der Waals surface area contributed by atoms with E-state index in [0.29, 0.717) is 19.0 Å². The molecule has 1 aromatic rings. The monoisotopic (exact) mass is 386 g/mol. The number of carbonyl (C=O) groups excluding carboxylic acids is 2. The average molecular weight is 387 g/mol. The molecule has 1 atom stereocenters. The van der Waals surface area contributed by atoms with Crippen LogP contribution in [0.15, 0.2) is 0 Å². The van der Waals surface area contributed by atoms with Crippen molar-refractivity contribution in [3.8, 4) is 0 Å². The summed E-state index contributed by atoms with van der Waals surface area (Å²) in [5.41, 5.74) is 2.71. The van der Waals surface area contributed by atoms with Gasteiger partial charge < -0.3 is 10.2 Å². The van der Waals surface area contributed by atoms with Crippen LogP contribution in [0.5, 0.6) is 0 Å². The molecule has 1 saturated heterocycles. The van der Waals surface area contributed by atoms with Crippen molar-refractivity contribution in [3.63, 3.8) is 0 Å². The van der Waals surface area contributed by atoms with Crippen LogP contribution >= 0.6 is 0 Å². The number of likely N-dealkylation sites (tertiary alicyclic amines) is 1. The molecular formula is C22H34N4O2. The zero-order valence-electron chi connectivity index (χ0n) is 17.8. The standard InChI is InChI=1S/C22H34N4O2/c1-14(2)22(28)26-11-7-8-17(13-26)21-23-15(3)19(16(4)24-21)12-20(27)25-18-9-5-6-10-18/h14,17-18H,5-13H2,1-4H3,(H,25,27)/t17-/m1/s1. The zero-order valence-corrected chi connectivity index (χ0v) is 17.8. The van der Waals surface area contributed by atoms with E-state index in [4.69, 9.17) is 9.97 Å². The molecular weight excluding hydrogens is 352 g/mol. The molecule has 0 bridgehead atoms. The van der Waals surface area contributed by atoms with Gasteiger partial charge in [0.05, 0.1) is 6.42 Å². The highest BCUT2D eigenvalue weighted by Crippen LogP contribution is 2.27. The second-order valence-corrected chi connectivity index (χ2v) is 8.73. The maximum Gasteiger partial charge on any atom is 0.225 e. The quantitative estimate of drug-likeness (QED) is 0.844. The van der Waals surface area contributed by atoms with Gasteiger partial charge in [-0.15, -0.1) is 0 Å². The molecule has 6 heteroatoms. The number of aromatic nitrogens is 2. The topological polar surface area (TPSA) is 75.2 Å². The fraction of sp³-hybridized carbons (Fsp3) is 0.727. The van der Waals surface area contributed by atoms with Crippen molar-refractivity contribution in [1.29, 1.82) is 0 Å². The van der Waals surface area contributed by atoms with Crippen LogP contribution in [0.4, 0.5) is 0 Å².